The van der Waals surface area contributed by atoms with Gasteiger partial charge in [0.25, 0.3) is 0 Å². The van der Waals surface area contributed by atoms with E-state index in [1.165, 1.54) is 4.90 Å². The molecule has 0 radical (unpaired) electrons. The Kier molecular flexibility index (Phi) is 5.30. The summed E-state index contributed by atoms with van der Waals surface area (Å²) < 4.78 is 0. The van der Waals surface area contributed by atoms with Crippen LogP contribution in [-0.4, -0.2) is 29.2 Å². The maximum atomic E-state index is 12.9. The summed E-state index contributed by atoms with van der Waals surface area (Å²) in [5.41, 5.74) is -0.261. The van der Waals surface area contributed by atoms with Gasteiger partial charge in [0.05, 0.1) is 15.5 Å². The SMILES string of the molecule is CC12CCC(C(=O)N(CCCC(=O)Nc3ccc(Cl)c(Cl)c3)C1=O)C2(C)C. The molecule has 5 nitrogen and oxygen atoms in total. The summed E-state index contributed by atoms with van der Waals surface area (Å²) in [7, 11) is 0. The van der Waals surface area contributed by atoms with Gasteiger partial charge in [0, 0.05) is 24.6 Å². The minimum Gasteiger partial charge on any atom is -0.326 e. The number of imide groups is 1. The van der Waals surface area contributed by atoms with Gasteiger partial charge in [0.15, 0.2) is 0 Å². The average molecular weight is 411 g/mol. The van der Waals surface area contributed by atoms with Crippen molar-refractivity contribution in [2.24, 2.45) is 16.7 Å². The topological polar surface area (TPSA) is 66.5 Å². The molecule has 2 fully saturated rings. The highest BCUT2D eigenvalue weighted by atomic mass is 35.5. The highest BCUT2D eigenvalue weighted by Gasteiger charge is 2.64. The Morgan fingerprint density at radius 3 is 2.59 bits per heavy atom. The highest BCUT2D eigenvalue weighted by molar-refractivity contribution is 6.42. The van der Waals surface area contributed by atoms with Gasteiger partial charge in [-0.3, -0.25) is 19.3 Å². The smallest absolute Gasteiger partial charge is 0.235 e. The largest absolute Gasteiger partial charge is 0.326 e. The van der Waals surface area contributed by atoms with Crippen LogP contribution in [0.25, 0.3) is 0 Å². The van der Waals surface area contributed by atoms with Gasteiger partial charge in [-0.1, -0.05) is 44.0 Å². The number of anilines is 1. The molecule has 0 aromatic heterocycles. The van der Waals surface area contributed by atoms with Gasteiger partial charge in [-0.25, -0.2) is 0 Å². The molecule has 146 valence electrons. The van der Waals surface area contributed by atoms with Gasteiger partial charge >= 0.3 is 0 Å². The van der Waals surface area contributed by atoms with Crippen molar-refractivity contribution in [3.63, 3.8) is 0 Å². The normalized spacial score (nSPS) is 26.4. The van der Waals surface area contributed by atoms with Crippen LogP contribution in [0, 0.1) is 16.7 Å². The number of carbonyl (C=O) groups excluding carboxylic acids is 3. The first-order valence-electron chi connectivity index (χ1n) is 9.18. The first kappa shape index (κ1) is 20.2. The molecular formula is C20H24Cl2N2O3. The molecular weight excluding hydrogens is 387 g/mol. The van der Waals surface area contributed by atoms with Crippen LogP contribution in [-0.2, 0) is 14.4 Å². The van der Waals surface area contributed by atoms with E-state index in [2.05, 4.69) is 5.32 Å². The van der Waals surface area contributed by atoms with Crippen LogP contribution in [0.1, 0.15) is 46.5 Å². The number of nitrogens with one attached hydrogen (secondary N) is 1. The molecule has 3 rings (SSSR count). The molecule has 1 heterocycles. The maximum absolute atomic E-state index is 12.9. The van der Waals surface area contributed by atoms with Crippen LogP contribution in [0.15, 0.2) is 18.2 Å². The Balaban J connectivity index is 1.57. The average Bonchev–Trinajstić information content (AvgIpc) is 2.78. The fourth-order valence-electron chi connectivity index (χ4n) is 4.31. The van der Waals surface area contributed by atoms with Gasteiger partial charge in [0.1, 0.15) is 0 Å². The Morgan fingerprint density at radius 1 is 1.22 bits per heavy atom. The van der Waals surface area contributed by atoms with Crippen molar-refractivity contribution in [1.29, 1.82) is 0 Å². The lowest BCUT2D eigenvalue weighted by atomic mass is 9.62. The minimum atomic E-state index is -0.506. The van der Waals surface area contributed by atoms with Gasteiger partial charge < -0.3 is 5.32 Å². The second-order valence-corrected chi connectivity index (χ2v) is 9.04. The monoisotopic (exact) mass is 410 g/mol. The van der Waals surface area contributed by atoms with Crippen molar-refractivity contribution in [2.45, 2.75) is 46.5 Å². The maximum Gasteiger partial charge on any atom is 0.235 e. The zero-order chi connectivity index (χ0) is 20.0. The third-order valence-electron chi connectivity index (χ3n) is 6.50. The van der Waals surface area contributed by atoms with E-state index in [0.717, 1.165) is 12.8 Å². The summed E-state index contributed by atoms with van der Waals surface area (Å²) in [6.45, 7) is 6.27. The number of carbonyl (C=O) groups is 3. The number of nitrogens with zero attached hydrogens (tertiary/aromatic N) is 1. The van der Waals surface area contributed by atoms with Crippen LogP contribution in [0.2, 0.25) is 10.0 Å². The Bertz CT molecular complexity index is 808. The number of hydrogen-bond acceptors (Lipinski definition) is 3. The molecule has 2 atom stereocenters. The third kappa shape index (κ3) is 3.36. The standard InChI is InChI=1S/C20H24Cl2N2O3/c1-19(2)13-8-9-20(19,3)18(27)24(17(13)26)10-4-5-16(25)23-12-6-7-14(21)15(22)11-12/h6-7,11,13H,4-5,8-10H2,1-3H3,(H,23,25). The van der Waals surface area contributed by atoms with Crippen LogP contribution in [0.3, 0.4) is 0 Å². The van der Waals surface area contributed by atoms with Crippen LogP contribution in [0.4, 0.5) is 5.69 Å². The summed E-state index contributed by atoms with van der Waals surface area (Å²) >= 11 is 11.8. The Morgan fingerprint density at radius 2 is 1.93 bits per heavy atom. The number of rotatable bonds is 5. The summed E-state index contributed by atoms with van der Waals surface area (Å²) in [5, 5.41) is 3.54. The lowest BCUT2D eigenvalue weighted by Gasteiger charge is -2.47. The molecule has 27 heavy (non-hydrogen) atoms. The van der Waals surface area contributed by atoms with E-state index >= 15 is 0 Å². The van der Waals surface area contributed by atoms with Gasteiger partial charge in [-0.2, -0.15) is 0 Å². The highest BCUT2D eigenvalue weighted by Crippen LogP contribution is 2.60. The van der Waals surface area contributed by atoms with E-state index < -0.39 is 5.41 Å². The second-order valence-electron chi connectivity index (χ2n) is 8.22. The predicted octanol–water partition coefficient (Wildman–Crippen LogP) is 4.52. The van der Waals surface area contributed by atoms with Crippen molar-refractivity contribution in [2.75, 3.05) is 11.9 Å². The first-order chi connectivity index (χ1) is 12.6. The first-order valence-corrected chi connectivity index (χ1v) is 9.94. The predicted molar refractivity (Wildman–Crippen MR) is 106 cm³/mol. The van der Waals surface area contributed by atoms with Gasteiger partial charge in [0.2, 0.25) is 17.7 Å². The van der Waals surface area contributed by atoms with Crippen molar-refractivity contribution < 1.29 is 14.4 Å². The van der Waals surface area contributed by atoms with E-state index in [1.54, 1.807) is 18.2 Å². The third-order valence-corrected chi connectivity index (χ3v) is 7.24. The summed E-state index contributed by atoms with van der Waals surface area (Å²) in [4.78, 5) is 39.2. The molecule has 2 unspecified atom stereocenters. The number of piperidine rings is 1. The number of hydrogen-bond donors (Lipinski definition) is 1. The fourth-order valence-corrected chi connectivity index (χ4v) is 4.61. The lowest BCUT2D eigenvalue weighted by molar-refractivity contribution is -0.168. The Labute approximate surface area is 169 Å². The number of halogens is 2. The molecule has 7 heteroatoms. The molecule has 1 N–H and O–H groups in total. The quantitative estimate of drug-likeness (QED) is 0.725. The number of benzene rings is 1. The van der Waals surface area contributed by atoms with E-state index in [4.69, 9.17) is 23.2 Å². The Hall–Kier alpha value is -1.59. The number of fused-ring (bicyclic) bond motifs is 2. The molecule has 1 aliphatic heterocycles. The molecule has 2 bridgehead atoms. The molecule has 1 saturated heterocycles. The molecule has 1 aromatic carbocycles. The minimum absolute atomic E-state index is 0.0927. The molecule has 1 saturated carbocycles. The molecule has 2 aliphatic rings. The van der Waals surface area contributed by atoms with Crippen molar-refractivity contribution >= 4 is 46.6 Å². The van der Waals surface area contributed by atoms with Gasteiger partial charge in [-0.15, -0.1) is 0 Å². The molecule has 0 spiro atoms. The van der Waals surface area contributed by atoms with E-state index in [-0.39, 0.29) is 42.0 Å². The summed E-state index contributed by atoms with van der Waals surface area (Å²) in [5.74, 6) is -0.508. The molecule has 1 aromatic rings. The van der Waals surface area contributed by atoms with Crippen LogP contribution in [0.5, 0.6) is 0 Å². The van der Waals surface area contributed by atoms with E-state index in [0.29, 0.717) is 22.2 Å². The van der Waals surface area contributed by atoms with Gasteiger partial charge in [-0.05, 0) is 42.9 Å². The van der Waals surface area contributed by atoms with E-state index in [9.17, 15) is 14.4 Å². The number of likely N-dealkylation sites (tertiary alicyclic amines) is 1. The zero-order valence-electron chi connectivity index (χ0n) is 15.8. The zero-order valence-corrected chi connectivity index (χ0v) is 17.3. The summed E-state index contributed by atoms with van der Waals surface area (Å²) in [6, 6.07) is 4.87. The summed E-state index contributed by atoms with van der Waals surface area (Å²) in [6.07, 6.45) is 2.13. The molecule has 1 aliphatic carbocycles. The second kappa shape index (κ2) is 7.10. The van der Waals surface area contributed by atoms with Crippen molar-refractivity contribution in [3.8, 4) is 0 Å². The fraction of sp³-hybridized carbons (Fsp3) is 0.550. The van der Waals surface area contributed by atoms with Crippen molar-refractivity contribution in [1.82, 2.24) is 4.90 Å². The van der Waals surface area contributed by atoms with Crippen LogP contribution >= 0.6 is 23.2 Å². The lowest BCUT2D eigenvalue weighted by Crippen LogP contribution is -2.59. The molecule has 3 amide bonds. The van der Waals surface area contributed by atoms with E-state index in [1.807, 2.05) is 20.8 Å². The van der Waals surface area contributed by atoms with Crippen molar-refractivity contribution in [3.05, 3.63) is 28.2 Å². The number of amides is 3. The van der Waals surface area contributed by atoms with Crippen LogP contribution < -0.4 is 5.32 Å².